The van der Waals surface area contributed by atoms with Crippen molar-refractivity contribution in [1.82, 2.24) is 0 Å². The summed E-state index contributed by atoms with van der Waals surface area (Å²) in [7, 11) is 0. The maximum Gasteiger partial charge on any atom is 0.153 e. The minimum atomic E-state index is -0.577. The van der Waals surface area contributed by atoms with Gasteiger partial charge in [-0.1, -0.05) is 24.3 Å². The predicted molar refractivity (Wildman–Crippen MR) is 45.1 cm³/mol. The molecule has 66 valence electrons. The number of rotatable bonds is 2. The van der Waals surface area contributed by atoms with Crippen LogP contribution in [0.15, 0.2) is 24.3 Å². The van der Waals surface area contributed by atoms with Crippen molar-refractivity contribution in [2.75, 3.05) is 0 Å². The minimum absolute atomic E-state index is 0.577. The Balaban J connectivity index is 2.49. The zero-order valence-electron chi connectivity index (χ0n) is 6.84. The lowest BCUT2D eigenvalue weighted by molar-refractivity contribution is -0.127. The molecule has 3 nitrogen and oxygen atoms in total. The van der Waals surface area contributed by atoms with Crippen molar-refractivity contribution in [1.29, 1.82) is 0 Å². The molecule has 0 bridgehead atoms. The lowest BCUT2D eigenvalue weighted by Gasteiger charge is -2.01. The summed E-state index contributed by atoms with van der Waals surface area (Å²) in [6.45, 7) is 0. The van der Waals surface area contributed by atoms with Crippen molar-refractivity contribution in [3.8, 4) is 0 Å². The van der Waals surface area contributed by atoms with E-state index in [0.717, 1.165) is 11.1 Å². The van der Waals surface area contributed by atoms with Gasteiger partial charge in [-0.25, -0.2) is 0 Å². The van der Waals surface area contributed by atoms with Gasteiger partial charge in [-0.3, -0.25) is 0 Å². The second-order valence-corrected chi connectivity index (χ2v) is 2.88. The van der Waals surface area contributed by atoms with Crippen LogP contribution < -0.4 is 0 Å². The zero-order valence-corrected chi connectivity index (χ0v) is 6.84. The van der Waals surface area contributed by atoms with Crippen molar-refractivity contribution in [2.45, 2.75) is 12.2 Å². The average molecular weight is 176 g/mol. The molecule has 1 aliphatic rings. The topological polar surface area (TPSA) is 43.4 Å². The number of fused-ring (bicyclic) bond motifs is 1. The molecular formula is C10H8O3. The number of aldehydes is 2. The number of hydrogen-bond donors (Lipinski definition) is 0. The van der Waals surface area contributed by atoms with Crippen LogP contribution in [0, 0.1) is 0 Å². The number of benzene rings is 1. The third kappa shape index (κ3) is 1.17. The summed E-state index contributed by atoms with van der Waals surface area (Å²) in [5.74, 6) is 0. The van der Waals surface area contributed by atoms with Gasteiger partial charge in [0.15, 0.2) is 12.6 Å². The van der Waals surface area contributed by atoms with E-state index >= 15 is 0 Å². The highest BCUT2D eigenvalue weighted by Gasteiger charge is 2.30. The Morgan fingerprint density at radius 3 is 1.85 bits per heavy atom. The summed E-state index contributed by atoms with van der Waals surface area (Å²) in [5, 5.41) is 0. The highest BCUT2D eigenvalue weighted by atomic mass is 16.5. The van der Waals surface area contributed by atoms with E-state index < -0.39 is 12.2 Å². The Morgan fingerprint density at radius 1 is 1.00 bits per heavy atom. The van der Waals surface area contributed by atoms with Crippen LogP contribution >= 0.6 is 0 Å². The van der Waals surface area contributed by atoms with E-state index in [-0.39, 0.29) is 0 Å². The van der Waals surface area contributed by atoms with E-state index in [1.165, 1.54) is 0 Å². The van der Waals surface area contributed by atoms with Crippen molar-refractivity contribution in [3.63, 3.8) is 0 Å². The standard InChI is InChI=1S/C10H8O3/c11-5-9-7-3-1-2-4-8(7)10(6-12)13-9/h1-6,9-10H. The Bertz CT molecular complexity index is 313. The smallest absolute Gasteiger partial charge is 0.153 e. The Kier molecular flexibility index (Phi) is 1.94. The van der Waals surface area contributed by atoms with Gasteiger partial charge >= 0.3 is 0 Å². The van der Waals surface area contributed by atoms with Crippen molar-refractivity contribution in [2.24, 2.45) is 0 Å². The lowest BCUT2D eigenvalue weighted by atomic mass is 10.0. The summed E-state index contributed by atoms with van der Waals surface area (Å²) in [4.78, 5) is 21.2. The molecule has 2 unspecified atom stereocenters. The molecule has 0 saturated heterocycles. The van der Waals surface area contributed by atoms with Crippen LogP contribution in [0.2, 0.25) is 0 Å². The molecule has 2 atom stereocenters. The largest absolute Gasteiger partial charge is 0.351 e. The van der Waals surface area contributed by atoms with Crippen molar-refractivity contribution in [3.05, 3.63) is 35.4 Å². The van der Waals surface area contributed by atoms with Crippen molar-refractivity contribution < 1.29 is 14.3 Å². The SMILES string of the molecule is O=CC1OC(C=O)c2ccccc21. The summed E-state index contributed by atoms with van der Waals surface area (Å²) in [6, 6.07) is 7.26. The molecule has 2 rings (SSSR count). The van der Waals surface area contributed by atoms with Gasteiger partial charge in [0, 0.05) is 0 Å². The summed E-state index contributed by atoms with van der Waals surface area (Å²) in [5.41, 5.74) is 1.60. The molecule has 3 heteroatoms. The molecule has 0 radical (unpaired) electrons. The molecule has 0 saturated carbocycles. The van der Waals surface area contributed by atoms with Gasteiger partial charge in [-0.2, -0.15) is 0 Å². The second-order valence-electron chi connectivity index (χ2n) is 2.88. The Morgan fingerprint density at radius 2 is 1.46 bits per heavy atom. The molecule has 1 aromatic rings. The monoisotopic (exact) mass is 176 g/mol. The van der Waals surface area contributed by atoms with Crippen LogP contribution in [0.1, 0.15) is 23.3 Å². The van der Waals surface area contributed by atoms with E-state index in [9.17, 15) is 9.59 Å². The molecule has 0 fully saturated rings. The molecule has 13 heavy (non-hydrogen) atoms. The van der Waals surface area contributed by atoms with Crippen LogP contribution in [0.25, 0.3) is 0 Å². The first-order valence-electron chi connectivity index (χ1n) is 4.01. The Hall–Kier alpha value is -1.48. The van der Waals surface area contributed by atoms with Gasteiger partial charge in [-0.15, -0.1) is 0 Å². The van der Waals surface area contributed by atoms with E-state index in [1.807, 2.05) is 12.1 Å². The first-order valence-corrected chi connectivity index (χ1v) is 4.01. The molecule has 1 aromatic carbocycles. The van der Waals surface area contributed by atoms with Crippen LogP contribution in [-0.2, 0) is 14.3 Å². The quantitative estimate of drug-likeness (QED) is 0.636. The molecular weight excluding hydrogens is 168 g/mol. The molecule has 0 spiro atoms. The van der Waals surface area contributed by atoms with E-state index in [2.05, 4.69) is 0 Å². The maximum atomic E-state index is 10.6. The predicted octanol–water partition coefficient (Wildman–Crippen LogP) is 1.20. The first-order chi connectivity index (χ1) is 6.36. The fourth-order valence-electron chi connectivity index (χ4n) is 1.54. The van der Waals surface area contributed by atoms with Gasteiger partial charge in [0.05, 0.1) is 0 Å². The van der Waals surface area contributed by atoms with Gasteiger partial charge in [0.2, 0.25) is 0 Å². The van der Waals surface area contributed by atoms with Gasteiger partial charge < -0.3 is 14.3 Å². The molecule has 0 amide bonds. The van der Waals surface area contributed by atoms with Gasteiger partial charge in [0.25, 0.3) is 0 Å². The summed E-state index contributed by atoms with van der Waals surface area (Å²) in [6.07, 6.45) is 0.266. The summed E-state index contributed by atoms with van der Waals surface area (Å²) < 4.78 is 5.19. The fraction of sp³-hybridized carbons (Fsp3) is 0.200. The zero-order chi connectivity index (χ0) is 9.26. The van der Waals surface area contributed by atoms with Crippen LogP contribution in [0.4, 0.5) is 0 Å². The first kappa shape index (κ1) is 8.13. The third-order valence-corrected chi connectivity index (χ3v) is 2.15. The normalized spacial score (nSPS) is 25.2. The lowest BCUT2D eigenvalue weighted by Crippen LogP contribution is -1.99. The van der Waals surface area contributed by atoms with E-state index in [0.29, 0.717) is 12.6 Å². The minimum Gasteiger partial charge on any atom is -0.351 e. The fourth-order valence-corrected chi connectivity index (χ4v) is 1.54. The van der Waals surface area contributed by atoms with Crippen LogP contribution in [0.5, 0.6) is 0 Å². The Labute approximate surface area is 75.3 Å². The number of carbonyl (C=O) groups excluding carboxylic acids is 2. The second kappa shape index (κ2) is 3.11. The highest BCUT2D eigenvalue weighted by Crippen LogP contribution is 2.36. The third-order valence-electron chi connectivity index (χ3n) is 2.15. The number of carbonyl (C=O) groups is 2. The van der Waals surface area contributed by atoms with E-state index in [4.69, 9.17) is 4.74 Å². The number of hydrogen-bond acceptors (Lipinski definition) is 3. The van der Waals surface area contributed by atoms with E-state index in [1.54, 1.807) is 12.1 Å². The van der Waals surface area contributed by atoms with Gasteiger partial charge in [0.1, 0.15) is 12.2 Å². The molecule has 0 aromatic heterocycles. The molecule has 1 aliphatic heterocycles. The van der Waals surface area contributed by atoms with Crippen LogP contribution in [-0.4, -0.2) is 12.6 Å². The molecule has 0 N–H and O–H groups in total. The maximum absolute atomic E-state index is 10.6. The van der Waals surface area contributed by atoms with Crippen molar-refractivity contribution >= 4 is 12.6 Å². The summed E-state index contributed by atoms with van der Waals surface area (Å²) >= 11 is 0. The molecule has 1 heterocycles. The average Bonchev–Trinajstić information content (AvgIpc) is 2.56. The van der Waals surface area contributed by atoms with Gasteiger partial charge in [-0.05, 0) is 11.1 Å². The number of ether oxygens (including phenoxy) is 1. The highest BCUT2D eigenvalue weighted by molar-refractivity contribution is 5.69. The van der Waals surface area contributed by atoms with Crippen LogP contribution in [0.3, 0.4) is 0 Å². The molecule has 0 aliphatic carbocycles.